The van der Waals surface area contributed by atoms with Gasteiger partial charge >= 0.3 is 0 Å². The summed E-state index contributed by atoms with van der Waals surface area (Å²) in [5.74, 6) is 0.712. The van der Waals surface area contributed by atoms with E-state index < -0.39 is 0 Å². The molecule has 0 spiro atoms. The molecule has 0 radical (unpaired) electrons. The first-order valence-electron chi connectivity index (χ1n) is 5.08. The highest BCUT2D eigenvalue weighted by molar-refractivity contribution is 4.80. The average molecular weight is 196 g/mol. The number of nitrogens with two attached hydrogens (primary N) is 1. The molecule has 1 aromatic rings. The van der Waals surface area contributed by atoms with Gasteiger partial charge in [-0.15, -0.1) is 0 Å². The number of nitrogens with zero attached hydrogens (tertiary/aromatic N) is 3. The highest BCUT2D eigenvalue weighted by Gasteiger charge is 2.16. The smallest absolute Gasteiger partial charge is 0.227 e. The molecule has 2 N–H and O–H groups in total. The third-order valence-corrected chi connectivity index (χ3v) is 2.59. The summed E-state index contributed by atoms with van der Waals surface area (Å²) >= 11 is 0. The molecule has 1 atom stereocenters. The molecule has 2 rings (SSSR count). The fourth-order valence-electron chi connectivity index (χ4n) is 1.85. The number of piperidine rings is 1. The van der Waals surface area contributed by atoms with E-state index in [4.69, 9.17) is 10.3 Å². The van der Waals surface area contributed by atoms with Crippen LogP contribution in [0.5, 0.6) is 0 Å². The molecule has 2 heterocycles. The van der Waals surface area contributed by atoms with Crippen LogP contribution in [0.1, 0.15) is 18.7 Å². The minimum absolute atomic E-state index is 0.339. The molecule has 0 saturated carbocycles. The van der Waals surface area contributed by atoms with E-state index in [1.54, 1.807) is 0 Å². The molecule has 0 aliphatic carbocycles. The van der Waals surface area contributed by atoms with Gasteiger partial charge in [-0.3, -0.25) is 0 Å². The van der Waals surface area contributed by atoms with Gasteiger partial charge in [-0.1, -0.05) is 5.16 Å². The molecule has 0 amide bonds. The zero-order valence-electron chi connectivity index (χ0n) is 8.22. The van der Waals surface area contributed by atoms with Crippen LogP contribution in [0.2, 0.25) is 0 Å². The standard InChI is InChI=1S/C9H16N4O/c10-8-2-1-4-13(6-8)5-3-9-11-7-12-14-9/h7-8H,1-6,10H2. The van der Waals surface area contributed by atoms with Crippen molar-refractivity contribution in [1.82, 2.24) is 15.0 Å². The second-order valence-corrected chi connectivity index (χ2v) is 3.79. The van der Waals surface area contributed by atoms with Crippen LogP contribution in [-0.4, -0.2) is 40.7 Å². The Labute approximate surface area is 83.3 Å². The first-order valence-corrected chi connectivity index (χ1v) is 5.08. The van der Waals surface area contributed by atoms with Crippen molar-refractivity contribution in [3.63, 3.8) is 0 Å². The normalized spacial score (nSPS) is 23.9. The number of hydrogen-bond acceptors (Lipinski definition) is 5. The highest BCUT2D eigenvalue weighted by atomic mass is 16.5. The fraction of sp³-hybridized carbons (Fsp3) is 0.778. The Morgan fingerprint density at radius 1 is 1.64 bits per heavy atom. The Morgan fingerprint density at radius 2 is 2.57 bits per heavy atom. The molecule has 1 saturated heterocycles. The Bertz CT molecular complexity index is 262. The predicted molar refractivity (Wildman–Crippen MR) is 51.7 cm³/mol. The summed E-state index contributed by atoms with van der Waals surface area (Å²) in [6.45, 7) is 3.10. The van der Waals surface area contributed by atoms with Crippen LogP contribution >= 0.6 is 0 Å². The lowest BCUT2D eigenvalue weighted by molar-refractivity contribution is 0.204. The van der Waals surface area contributed by atoms with Crippen LogP contribution in [0.15, 0.2) is 10.9 Å². The molecule has 1 unspecified atom stereocenters. The van der Waals surface area contributed by atoms with Crippen molar-refractivity contribution in [2.45, 2.75) is 25.3 Å². The first kappa shape index (κ1) is 9.61. The van der Waals surface area contributed by atoms with Crippen molar-refractivity contribution in [3.8, 4) is 0 Å². The molecular formula is C9H16N4O. The summed E-state index contributed by atoms with van der Waals surface area (Å²) in [6.07, 6.45) is 4.62. The summed E-state index contributed by atoms with van der Waals surface area (Å²) in [5, 5.41) is 3.57. The monoisotopic (exact) mass is 196 g/mol. The highest BCUT2D eigenvalue weighted by Crippen LogP contribution is 2.08. The third kappa shape index (κ3) is 2.52. The van der Waals surface area contributed by atoms with Crippen molar-refractivity contribution >= 4 is 0 Å². The summed E-state index contributed by atoms with van der Waals surface area (Å²) < 4.78 is 4.93. The summed E-state index contributed by atoms with van der Waals surface area (Å²) in [5.41, 5.74) is 5.88. The molecule has 14 heavy (non-hydrogen) atoms. The molecule has 0 bridgehead atoms. The van der Waals surface area contributed by atoms with Gasteiger partial charge in [0.25, 0.3) is 0 Å². The molecule has 1 aliphatic heterocycles. The first-order chi connectivity index (χ1) is 6.84. The molecule has 0 aromatic carbocycles. The third-order valence-electron chi connectivity index (χ3n) is 2.59. The lowest BCUT2D eigenvalue weighted by atomic mass is 10.1. The van der Waals surface area contributed by atoms with Crippen molar-refractivity contribution in [2.24, 2.45) is 5.73 Å². The maximum Gasteiger partial charge on any atom is 0.227 e. The second-order valence-electron chi connectivity index (χ2n) is 3.79. The summed E-state index contributed by atoms with van der Waals surface area (Å²) in [6, 6.07) is 0.339. The Morgan fingerprint density at radius 3 is 3.29 bits per heavy atom. The van der Waals surface area contributed by atoms with E-state index in [9.17, 15) is 0 Å². The van der Waals surface area contributed by atoms with Gasteiger partial charge in [-0.05, 0) is 19.4 Å². The van der Waals surface area contributed by atoms with E-state index in [0.29, 0.717) is 11.9 Å². The zero-order chi connectivity index (χ0) is 9.80. The van der Waals surface area contributed by atoms with Crippen molar-refractivity contribution < 1.29 is 4.52 Å². The van der Waals surface area contributed by atoms with Crippen LogP contribution in [0, 0.1) is 0 Å². The Balaban J connectivity index is 1.75. The lowest BCUT2D eigenvalue weighted by Crippen LogP contribution is -2.43. The van der Waals surface area contributed by atoms with Gasteiger partial charge in [-0.2, -0.15) is 4.98 Å². The van der Waals surface area contributed by atoms with E-state index in [1.807, 2.05) is 0 Å². The van der Waals surface area contributed by atoms with Gasteiger partial charge in [0, 0.05) is 25.6 Å². The SMILES string of the molecule is NC1CCCN(CCc2ncno2)C1. The van der Waals surface area contributed by atoms with Crippen molar-refractivity contribution in [2.75, 3.05) is 19.6 Å². The largest absolute Gasteiger partial charge is 0.340 e. The van der Waals surface area contributed by atoms with Gasteiger partial charge in [0.2, 0.25) is 5.89 Å². The molecule has 5 nitrogen and oxygen atoms in total. The van der Waals surface area contributed by atoms with Crippen LogP contribution < -0.4 is 5.73 Å². The molecule has 1 aromatic heterocycles. The average Bonchev–Trinajstić information content (AvgIpc) is 2.67. The maximum absolute atomic E-state index is 5.88. The van der Waals surface area contributed by atoms with Gasteiger partial charge in [0.05, 0.1) is 0 Å². The van der Waals surface area contributed by atoms with E-state index in [2.05, 4.69) is 15.0 Å². The number of likely N-dealkylation sites (tertiary alicyclic amines) is 1. The van der Waals surface area contributed by atoms with E-state index >= 15 is 0 Å². The van der Waals surface area contributed by atoms with Crippen LogP contribution in [0.4, 0.5) is 0 Å². The van der Waals surface area contributed by atoms with Gasteiger partial charge in [-0.25, -0.2) is 0 Å². The molecule has 5 heteroatoms. The molecular weight excluding hydrogens is 180 g/mol. The second kappa shape index (κ2) is 4.52. The van der Waals surface area contributed by atoms with Crippen molar-refractivity contribution in [1.29, 1.82) is 0 Å². The number of rotatable bonds is 3. The van der Waals surface area contributed by atoms with Gasteiger partial charge in [0.1, 0.15) is 0 Å². The number of aromatic nitrogens is 2. The van der Waals surface area contributed by atoms with Gasteiger partial charge in [0.15, 0.2) is 6.33 Å². The van der Waals surface area contributed by atoms with Gasteiger partial charge < -0.3 is 15.2 Å². The molecule has 1 fully saturated rings. The molecule has 78 valence electrons. The minimum Gasteiger partial charge on any atom is -0.340 e. The topological polar surface area (TPSA) is 68.2 Å². The quantitative estimate of drug-likeness (QED) is 0.739. The summed E-state index contributed by atoms with van der Waals surface area (Å²) in [7, 11) is 0. The van der Waals surface area contributed by atoms with Crippen LogP contribution in [0.3, 0.4) is 0 Å². The zero-order valence-corrected chi connectivity index (χ0v) is 8.22. The van der Waals surface area contributed by atoms with Crippen LogP contribution in [0.25, 0.3) is 0 Å². The van der Waals surface area contributed by atoms with E-state index in [1.165, 1.54) is 12.7 Å². The number of hydrogen-bond donors (Lipinski definition) is 1. The van der Waals surface area contributed by atoms with E-state index in [-0.39, 0.29) is 0 Å². The van der Waals surface area contributed by atoms with E-state index in [0.717, 1.165) is 32.5 Å². The fourth-order valence-corrected chi connectivity index (χ4v) is 1.85. The maximum atomic E-state index is 5.88. The van der Waals surface area contributed by atoms with Crippen LogP contribution in [-0.2, 0) is 6.42 Å². The minimum atomic E-state index is 0.339. The molecule has 1 aliphatic rings. The predicted octanol–water partition coefficient (Wildman–Crippen LogP) is 0.0352. The Hall–Kier alpha value is -0.940. The Kier molecular flexibility index (Phi) is 3.10. The lowest BCUT2D eigenvalue weighted by Gasteiger charge is -2.30. The summed E-state index contributed by atoms with van der Waals surface area (Å²) in [4.78, 5) is 6.34. The van der Waals surface area contributed by atoms with Crippen molar-refractivity contribution in [3.05, 3.63) is 12.2 Å².